The number of allylic oxidation sites excluding steroid dienone is 2. The average molecular weight is 327 g/mol. The summed E-state index contributed by atoms with van der Waals surface area (Å²) in [7, 11) is 0. The van der Waals surface area contributed by atoms with Crippen LogP contribution in [0.15, 0.2) is 41.5 Å². The lowest BCUT2D eigenvalue weighted by Gasteiger charge is -2.03. The monoisotopic (exact) mass is 327 g/mol. The summed E-state index contributed by atoms with van der Waals surface area (Å²) in [4.78, 5) is 22.8. The van der Waals surface area contributed by atoms with Crippen molar-refractivity contribution in [2.24, 2.45) is 22.9 Å². The van der Waals surface area contributed by atoms with Crippen molar-refractivity contribution in [2.45, 2.75) is 32.6 Å². The van der Waals surface area contributed by atoms with Crippen LogP contribution in [0, 0.1) is 27.9 Å². The number of amides is 1. The lowest BCUT2D eigenvalue weighted by molar-refractivity contribution is -0.384. The minimum atomic E-state index is -0.440. The second-order valence-electron chi connectivity index (χ2n) is 6.46. The fourth-order valence-electron chi connectivity index (χ4n) is 3.56. The number of nitro groups is 1. The largest absolute Gasteiger partial charge is 0.273 e. The third kappa shape index (κ3) is 3.53. The first kappa shape index (κ1) is 16.4. The molecule has 1 saturated carbocycles. The predicted molar refractivity (Wildman–Crippen MR) is 91.5 cm³/mol. The molecule has 1 amide bonds. The Morgan fingerprint density at radius 2 is 1.92 bits per heavy atom. The van der Waals surface area contributed by atoms with Crippen LogP contribution in [0.4, 0.5) is 5.69 Å². The Labute approximate surface area is 140 Å². The summed E-state index contributed by atoms with van der Waals surface area (Å²) in [6.07, 6.45) is 8.61. The summed E-state index contributed by atoms with van der Waals surface area (Å²) < 4.78 is 0. The fourth-order valence-corrected chi connectivity index (χ4v) is 3.56. The molecule has 0 heterocycles. The van der Waals surface area contributed by atoms with Gasteiger partial charge in [-0.3, -0.25) is 14.9 Å². The van der Waals surface area contributed by atoms with Crippen LogP contribution in [0.5, 0.6) is 0 Å². The van der Waals surface area contributed by atoms with E-state index in [4.69, 9.17) is 0 Å². The van der Waals surface area contributed by atoms with E-state index >= 15 is 0 Å². The maximum Gasteiger partial charge on any atom is 0.270 e. The number of carbonyl (C=O) groups is 1. The highest BCUT2D eigenvalue weighted by molar-refractivity contribution is 5.99. The number of carbonyl (C=O) groups excluding carboxylic acids is 1. The van der Waals surface area contributed by atoms with E-state index in [0.717, 1.165) is 25.7 Å². The van der Waals surface area contributed by atoms with E-state index in [2.05, 4.69) is 22.7 Å². The molecule has 1 N–H and O–H groups in total. The van der Waals surface area contributed by atoms with Gasteiger partial charge >= 0.3 is 0 Å². The number of hydrogen-bond acceptors (Lipinski definition) is 4. The molecule has 3 rings (SSSR count). The van der Waals surface area contributed by atoms with Crippen LogP contribution < -0.4 is 5.43 Å². The van der Waals surface area contributed by atoms with Gasteiger partial charge in [-0.2, -0.15) is 5.10 Å². The maximum absolute atomic E-state index is 12.4. The lowest BCUT2D eigenvalue weighted by Crippen LogP contribution is -2.22. The van der Waals surface area contributed by atoms with Gasteiger partial charge in [-0.05, 0) is 44.4 Å². The lowest BCUT2D eigenvalue weighted by atomic mass is 10.1. The highest BCUT2D eigenvalue weighted by Gasteiger charge is 2.53. The van der Waals surface area contributed by atoms with E-state index in [-0.39, 0.29) is 17.5 Å². The van der Waals surface area contributed by atoms with Crippen LogP contribution in [0.2, 0.25) is 0 Å². The third-order valence-corrected chi connectivity index (χ3v) is 4.94. The highest BCUT2D eigenvalue weighted by atomic mass is 16.6. The van der Waals surface area contributed by atoms with Gasteiger partial charge in [0.05, 0.1) is 10.6 Å². The van der Waals surface area contributed by atoms with Crippen molar-refractivity contribution >= 4 is 17.3 Å². The second-order valence-corrected chi connectivity index (χ2v) is 6.46. The Kier molecular flexibility index (Phi) is 4.74. The number of non-ortho nitro benzene ring substituents is 1. The highest BCUT2D eigenvalue weighted by Crippen LogP contribution is 2.52. The van der Waals surface area contributed by atoms with E-state index < -0.39 is 4.92 Å². The molecule has 2 unspecified atom stereocenters. The Balaban J connectivity index is 1.62. The third-order valence-electron chi connectivity index (χ3n) is 4.94. The quantitative estimate of drug-likeness (QED) is 0.398. The summed E-state index contributed by atoms with van der Waals surface area (Å²) in [5.74, 6) is 0.981. The number of nitro benzene ring substituents is 1. The Morgan fingerprint density at radius 3 is 2.54 bits per heavy atom. The molecule has 1 aromatic rings. The molecule has 0 aromatic heterocycles. The van der Waals surface area contributed by atoms with Gasteiger partial charge in [-0.15, -0.1) is 0 Å². The Hall–Kier alpha value is -2.50. The number of nitrogens with zero attached hydrogens (tertiary/aromatic N) is 2. The SMILES string of the molecule is C/C(=N\NC(=O)C1C2CC/C=C\CCC21)c1cccc([N+](=O)[O-])c1. The molecule has 24 heavy (non-hydrogen) atoms. The van der Waals surface area contributed by atoms with Crippen LogP contribution in [0.3, 0.4) is 0 Å². The van der Waals surface area contributed by atoms with Crippen molar-refractivity contribution in [3.05, 3.63) is 52.1 Å². The van der Waals surface area contributed by atoms with Gasteiger partial charge in [-0.25, -0.2) is 5.43 Å². The van der Waals surface area contributed by atoms with E-state index in [1.54, 1.807) is 19.1 Å². The zero-order valence-corrected chi connectivity index (χ0v) is 13.6. The molecular weight excluding hydrogens is 306 g/mol. The molecule has 0 radical (unpaired) electrons. The molecule has 1 fully saturated rings. The zero-order valence-electron chi connectivity index (χ0n) is 13.6. The van der Waals surface area contributed by atoms with Crippen LogP contribution in [0.1, 0.15) is 38.2 Å². The summed E-state index contributed by atoms with van der Waals surface area (Å²) in [5.41, 5.74) is 3.86. The first-order chi connectivity index (χ1) is 11.6. The van der Waals surface area contributed by atoms with Gasteiger partial charge < -0.3 is 0 Å². The fraction of sp³-hybridized carbons (Fsp3) is 0.444. The normalized spacial score (nSPS) is 27.4. The average Bonchev–Trinajstić information content (AvgIpc) is 3.23. The van der Waals surface area contributed by atoms with E-state index in [1.165, 1.54) is 12.1 Å². The summed E-state index contributed by atoms with van der Waals surface area (Å²) >= 11 is 0. The summed E-state index contributed by atoms with van der Waals surface area (Å²) in [6, 6.07) is 6.25. The van der Waals surface area contributed by atoms with Crippen molar-refractivity contribution in [3.8, 4) is 0 Å². The number of hydrogen-bond donors (Lipinski definition) is 1. The van der Waals surface area contributed by atoms with Crippen LogP contribution in [-0.4, -0.2) is 16.5 Å². The van der Waals surface area contributed by atoms with Gasteiger partial charge in [0.15, 0.2) is 0 Å². The second kappa shape index (κ2) is 6.95. The van der Waals surface area contributed by atoms with Crippen molar-refractivity contribution in [2.75, 3.05) is 0 Å². The number of hydrazone groups is 1. The Morgan fingerprint density at radius 1 is 1.25 bits per heavy atom. The molecule has 6 nitrogen and oxygen atoms in total. The molecular formula is C18H21N3O3. The molecule has 2 atom stereocenters. The topological polar surface area (TPSA) is 84.6 Å². The van der Waals surface area contributed by atoms with Gasteiger partial charge in [0, 0.05) is 23.6 Å². The van der Waals surface area contributed by atoms with Gasteiger partial charge in [0.1, 0.15) is 0 Å². The molecule has 2 aliphatic rings. The molecule has 0 aliphatic heterocycles. The van der Waals surface area contributed by atoms with Gasteiger partial charge in [0.25, 0.3) is 5.69 Å². The van der Waals surface area contributed by atoms with Gasteiger partial charge in [-0.1, -0.05) is 24.3 Å². The van der Waals surface area contributed by atoms with E-state index in [1.807, 2.05) is 0 Å². The number of benzene rings is 1. The van der Waals surface area contributed by atoms with Gasteiger partial charge in [0.2, 0.25) is 5.91 Å². The van der Waals surface area contributed by atoms with Crippen LogP contribution >= 0.6 is 0 Å². The van der Waals surface area contributed by atoms with E-state index in [0.29, 0.717) is 23.1 Å². The molecule has 126 valence electrons. The van der Waals surface area contributed by atoms with Crippen LogP contribution in [0.25, 0.3) is 0 Å². The van der Waals surface area contributed by atoms with Crippen molar-refractivity contribution < 1.29 is 9.72 Å². The first-order valence-electron chi connectivity index (χ1n) is 8.32. The summed E-state index contributed by atoms with van der Waals surface area (Å²) in [5, 5.41) is 15.0. The minimum Gasteiger partial charge on any atom is -0.273 e. The van der Waals surface area contributed by atoms with Crippen molar-refractivity contribution in [3.63, 3.8) is 0 Å². The maximum atomic E-state index is 12.4. The minimum absolute atomic E-state index is 0.0154. The Bertz CT molecular complexity index is 695. The predicted octanol–water partition coefficient (Wildman–Crippen LogP) is 3.43. The standard InChI is InChI=1S/C18H21N3O3/c1-12(13-7-6-8-14(11-13)21(23)24)19-20-18(22)17-15-9-4-2-3-5-10-16(15)17/h2-3,6-8,11,15-17H,4-5,9-10H2,1H3,(H,20,22)/b3-2-,19-12+. The summed E-state index contributed by atoms with van der Waals surface area (Å²) in [6.45, 7) is 1.74. The molecule has 0 saturated heterocycles. The number of rotatable bonds is 4. The van der Waals surface area contributed by atoms with E-state index in [9.17, 15) is 14.9 Å². The van der Waals surface area contributed by atoms with Crippen LogP contribution in [-0.2, 0) is 4.79 Å². The molecule has 6 heteroatoms. The molecule has 0 spiro atoms. The number of nitrogens with one attached hydrogen (secondary N) is 1. The molecule has 1 aromatic carbocycles. The van der Waals surface area contributed by atoms with Crippen molar-refractivity contribution in [1.29, 1.82) is 0 Å². The zero-order chi connectivity index (χ0) is 17.1. The number of fused-ring (bicyclic) bond motifs is 1. The smallest absolute Gasteiger partial charge is 0.270 e. The first-order valence-corrected chi connectivity index (χ1v) is 8.32. The van der Waals surface area contributed by atoms with Crippen molar-refractivity contribution in [1.82, 2.24) is 5.43 Å². The molecule has 2 aliphatic carbocycles. The molecule has 0 bridgehead atoms.